The summed E-state index contributed by atoms with van der Waals surface area (Å²) in [6.07, 6.45) is 1.74. The predicted octanol–water partition coefficient (Wildman–Crippen LogP) is 3.32. The lowest BCUT2D eigenvalue weighted by atomic mass is 10.1. The third-order valence-corrected chi connectivity index (χ3v) is 3.12. The molecule has 0 atom stereocenters. The number of hydrogen-bond donors (Lipinski definition) is 2. The van der Waals surface area contributed by atoms with Crippen LogP contribution in [0.3, 0.4) is 0 Å². The highest BCUT2D eigenvalue weighted by atomic mass is 16.5. The molecule has 2 N–H and O–H groups in total. The molecular weight excluding hydrogens is 284 g/mol. The first-order chi connectivity index (χ1) is 10.5. The molecule has 2 aromatic carbocycles. The first kappa shape index (κ1) is 15.4. The van der Waals surface area contributed by atoms with Gasteiger partial charge in [-0.05, 0) is 17.2 Å². The van der Waals surface area contributed by atoms with Crippen LogP contribution in [-0.2, 0) is 6.61 Å². The largest absolute Gasteiger partial charge is 0.504 e. The minimum absolute atomic E-state index is 0.0527. The molecule has 22 heavy (non-hydrogen) atoms. The van der Waals surface area contributed by atoms with E-state index in [1.54, 1.807) is 6.08 Å². The van der Waals surface area contributed by atoms with E-state index in [1.807, 2.05) is 24.3 Å². The number of ether oxygens (including phenoxy) is 2. The van der Waals surface area contributed by atoms with Crippen LogP contribution in [0.25, 0.3) is 6.08 Å². The van der Waals surface area contributed by atoms with Gasteiger partial charge in [0.1, 0.15) is 17.9 Å². The molecule has 5 heteroatoms. The summed E-state index contributed by atoms with van der Waals surface area (Å²) >= 11 is 0. The molecule has 0 aliphatic carbocycles. The lowest BCUT2D eigenvalue weighted by Crippen LogP contribution is -2.01. The van der Waals surface area contributed by atoms with Gasteiger partial charge in [-0.1, -0.05) is 36.9 Å². The van der Waals surface area contributed by atoms with Crippen LogP contribution in [0.15, 0.2) is 43.0 Å². The van der Waals surface area contributed by atoms with Crippen molar-refractivity contribution >= 4 is 12.0 Å². The second-order valence-corrected chi connectivity index (χ2v) is 4.56. The number of hydrogen-bond acceptors (Lipinski definition) is 4. The molecule has 2 aromatic rings. The maximum Gasteiger partial charge on any atom is 0.339 e. The summed E-state index contributed by atoms with van der Waals surface area (Å²) in [7, 11) is 1.35. The Labute approximate surface area is 128 Å². The summed E-state index contributed by atoms with van der Waals surface area (Å²) in [4.78, 5) is 11.1. The number of rotatable bonds is 6. The molecule has 0 aliphatic rings. The van der Waals surface area contributed by atoms with Crippen molar-refractivity contribution in [2.45, 2.75) is 6.61 Å². The van der Waals surface area contributed by atoms with Crippen LogP contribution in [0.4, 0.5) is 0 Å². The number of aromatic hydroxyl groups is 1. The van der Waals surface area contributed by atoms with Gasteiger partial charge >= 0.3 is 5.97 Å². The van der Waals surface area contributed by atoms with Crippen LogP contribution in [0.1, 0.15) is 21.5 Å². The highest BCUT2D eigenvalue weighted by Crippen LogP contribution is 2.34. The van der Waals surface area contributed by atoms with Gasteiger partial charge in [0.25, 0.3) is 0 Å². The fourth-order valence-electron chi connectivity index (χ4n) is 1.90. The van der Waals surface area contributed by atoms with Crippen LogP contribution in [0.2, 0.25) is 0 Å². The molecule has 0 fully saturated rings. The van der Waals surface area contributed by atoms with Gasteiger partial charge in [-0.25, -0.2) is 4.79 Å². The highest BCUT2D eigenvalue weighted by molar-refractivity contribution is 5.92. The average Bonchev–Trinajstić information content (AvgIpc) is 2.54. The molecule has 0 aromatic heterocycles. The molecule has 0 bridgehead atoms. The number of phenols is 1. The maximum atomic E-state index is 11.1. The van der Waals surface area contributed by atoms with Crippen molar-refractivity contribution < 1.29 is 24.5 Å². The molecule has 0 saturated heterocycles. The van der Waals surface area contributed by atoms with E-state index in [1.165, 1.54) is 19.2 Å². The Morgan fingerprint density at radius 3 is 2.50 bits per heavy atom. The molecule has 5 nitrogen and oxygen atoms in total. The van der Waals surface area contributed by atoms with Gasteiger partial charge < -0.3 is 19.7 Å². The van der Waals surface area contributed by atoms with Crippen molar-refractivity contribution in [2.24, 2.45) is 0 Å². The van der Waals surface area contributed by atoms with Crippen LogP contribution in [-0.4, -0.2) is 23.3 Å². The summed E-state index contributed by atoms with van der Waals surface area (Å²) in [6, 6.07) is 10.3. The van der Waals surface area contributed by atoms with Gasteiger partial charge in [0.2, 0.25) is 0 Å². The summed E-state index contributed by atoms with van der Waals surface area (Å²) in [5.41, 5.74) is 1.66. The Hall–Kier alpha value is -2.95. The summed E-state index contributed by atoms with van der Waals surface area (Å²) in [6.45, 7) is 3.95. The van der Waals surface area contributed by atoms with E-state index in [9.17, 15) is 9.90 Å². The fraction of sp³-hybridized carbons (Fsp3) is 0.118. The minimum Gasteiger partial charge on any atom is -0.504 e. The minimum atomic E-state index is -1.25. The van der Waals surface area contributed by atoms with Crippen molar-refractivity contribution in [1.82, 2.24) is 0 Å². The number of methoxy groups -OCH3 is 1. The summed E-state index contributed by atoms with van der Waals surface area (Å²) < 4.78 is 10.5. The predicted molar refractivity (Wildman–Crippen MR) is 82.5 cm³/mol. The first-order valence-electron chi connectivity index (χ1n) is 6.53. The van der Waals surface area contributed by atoms with E-state index >= 15 is 0 Å². The Kier molecular flexibility index (Phi) is 4.68. The van der Waals surface area contributed by atoms with Crippen LogP contribution < -0.4 is 9.47 Å². The Balaban J connectivity index is 2.19. The molecular formula is C17H16O5. The van der Waals surface area contributed by atoms with Gasteiger partial charge in [-0.15, -0.1) is 0 Å². The number of aromatic carboxylic acids is 1. The van der Waals surface area contributed by atoms with Gasteiger partial charge in [0.15, 0.2) is 11.5 Å². The number of benzene rings is 2. The van der Waals surface area contributed by atoms with Crippen LogP contribution >= 0.6 is 0 Å². The summed E-state index contributed by atoms with van der Waals surface area (Å²) in [5.74, 6) is -1.31. The van der Waals surface area contributed by atoms with Crippen LogP contribution in [0, 0.1) is 0 Å². The van der Waals surface area contributed by atoms with Crippen molar-refractivity contribution in [3.63, 3.8) is 0 Å². The second kappa shape index (κ2) is 6.67. The molecule has 114 valence electrons. The molecule has 0 amide bonds. The molecule has 2 rings (SSSR count). The lowest BCUT2D eigenvalue weighted by molar-refractivity contribution is 0.0692. The lowest BCUT2D eigenvalue weighted by Gasteiger charge is -2.11. The molecule has 0 radical (unpaired) electrons. The zero-order chi connectivity index (χ0) is 16.1. The quantitative estimate of drug-likeness (QED) is 0.856. The Morgan fingerprint density at radius 2 is 1.95 bits per heavy atom. The van der Waals surface area contributed by atoms with E-state index in [0.29, 0.717) is 5.75 Å². The van der Waals surface area contributed by atoms with E-state index in [0.717, 1.165) is 11.1 Å². The average molecular weight is 300 g/mol. The molecule has 0 saturated carbocycles. The Morgan fingerprint density at radius 1 is 1.27 bits per heavy atom. The fourth-order valence-corrected chi connectivity index (χ4v) is 1.90. The van der Waals surface area contributed by atoms with Crippen LogP contribution in [0.5, 0.6) is 17.2 Å². The zero-order valence-corrected chi connectivity index (χ0v) is 12.1. The van der Waals surface area contributed by atoms with Gasteiger partial charge in [-0.2, -0.15) is 0 Å². The first-order valence-corrected chi connectivity index (χ1v) is 6.53. The normalized spacial score (nSPS) is 10.0. The third-order valence-electron chi connectivity index (χ3n) is 3.12. The van der Waals surface area contributed by atoms with E-state index in [2.05, 4.69) is 6.58 Å². The smallest absolute Gasteiger partial charge is 0.339 e. The molecule has 0 spiro atoms. The van der Waals surface area contributed by atoms with Crippen molar-refractivity contribution in [2.75, 3.05) is 7.11 Å². The monoisotopic (exact) mass is 300 g/mol. The highest BCUT2D eigenvalue weighted by Gasteiger charge is 2.16. The molecule has 0 unspecified atom stereocenters. The summed E-state index contributed by atoms with van der Waals surface area (Å²) in [5, 5.41) is 18.8. The van der Waals surface area contributed by atoms with Gasteiger partial charge in [-0.3, -0.25) is 0 Å². The van der Waals surface area contributed by atoms with Gasteiger partial charge in [0.05, 0.1) is 7.11 Å². The molecule has 0 heterocycles. The molecule has 0 aliphatic heterocycles. The zero-order valence-electron chi connectivity index (χ0n) is 12.1. The van der Waals surface area contributed by atoms with Crippen molar-refractivity contribution in [1.29, 1.82) is 0 Å². The Bertz CT molecular complexity index is 689. The van der Waals surface area contributed by atoms with Crippen molar-refractivity contribution in [3.8, 4) is 17.2 Å². The van der Waals surface area contributed by atoms with Crippen molar-refractivity contribution in [3.05, 3.63) is 59.7 Å². The number of carboxylic acids is 1. The van der Waals surface area contributed by atoms with E-state index in [4.69, 9.17) is 14.6 Å². The third kappa shape index (κ3) is 3.38. The second-order valence-electron chi connectivity index (χ2n) is 4.56. The number of carbonyl (C=O) groups is 1. The van der Waals surface area contributed by atoms with E-state index < -0.39 is 11.7 Å². The maximum absolute atomic E-state index is 11.1. The number of carboxylic acid groups (broad SMARTS) is 1. The SMILES string of the molecule is C=Cc1ccc(COc2cc(OC)c(O)c(C(=O)O)c2)cc1. The van der Waals surface area contributed by atoms with E-state index in [-0.39, 0.29) is 17.9 Å². The van der Waals surface area contributed by atoms with Gasteiger partial charge in [0, 0.05) is 6.07 Å². The standard InChI is InChI=1S/C17H16O5/c1-3-11-4-6-12(7-5-11)10-22-13-8-14(17(19)20)16(18)15(9-13)21-2/h3-9,18H,1,10H2,2H3,(H,19,20). The topological polar surface area (TPSA) is 76.0 Å².